The lowest BCUT2D eigenvalue weighted by Gasteiger charge is -2.32. The lowest BCUT2D eigenvalue weighted by Crippen LogP contribution is -2.34. The van der Waals surface area contributed by atoms with Crippen LogP contribution in [0.25, 0.3) is 0 Å². The summed E-state index contributed by atoms with van der Waals surface area (Å²) < 4.78 is 19.8. The minimum atomic E-state index is -0.519. The van der Waals surface area contributed by atoms with Crippen LogP contribution in [0, 0.1) is 11.7 Å². The molecule has 1 atom stereocenters. The number of anilines is 2. The molecule has 2 aliphatic rings. The number of halogens is 1. The van der Waals surface area contributed by atoms with Gasteiger partial charge in [0.2, 0.25) is 5.91 Å². The number of hydrogen-bond donors (Lipinski definition) is 1. The van der Waals surface area contributed by atoms with Gasteiger partial charge in [-0.1, -0.05) is 6.92 Å². The van der Waals surface area contributed by atoms with Crippen molar-refractivity contribution in [2.75, 3.05) is 36.0 Å². The maximum atomic E-state index is 14.6. The van der Waals surface area contributed by atoms with E-state index in [4.69, 9.17) is 4.74 Å². The van der Waals surface area contributed by atoms with Gasteiger partial charge in [-0.25, -0.2) is 9.18 Å². The molecule has 0 bridgehead atoms. The number of carbonyl (C=O) groups is 2. The predicted octanol–water partition coefficient (Wildman–Crippen LogP) is 2.52. The fourth-order valence-corrected chi connectivity index (χ4v) is 3.27. The summed E-state index contributed by atoms with van der Waals surface area (Å²) in [4.78, 5) is 26.4. The topological polar surface area (TPSA) is 61.9 Å². The summed E-state index contributed by atoms with van der Waals surface area (Å²) in [7, 11) is 0. The van der Waals surface area contributed by atoms with Crippen LogP contribution in [0.15, 0.2) is 18.2 Å². The first-order chi connectivity index (χ1) is 11.9. The number of hydrogen-bond acceptors (Lipinski definition) is 4. The average Bonchev–Trinajstić information content (AvgIpc) is 2.95. The minimum Gasteiger partial charge on any atom is -0.442 e. The van der Waals surface area contributed by atoms with Gasteiger partial charge >= 0.3 is 6.09 Å². The van der Waals surface area contributed by atoms with Crippen LogP contribution in [0.2, 0.25) is 0 Å². The van der Waals surface area contributed by atoms with Crippen LogP contribution < -0.4 is 15.1 Å². The molecule has 2 amide bonds. The van der Waals surface area contributed by atoms with E-state index >= 15 is 0 Å². The van der Waals surface area contributed by atoms with Crippen LogP contribution in [-0.4, -0.2) is 44.3 Å². The van der Waals surface area contributed by atoms with E-state index in [1.165, 1.54) is 17.9 Å². The Bertz CT molecular complexity index is 659. The van der Waals surface area contributed by atoms with E-state index in [-0.39, 0.29) is 18.3 Å². The van der Waals surface area contributed by atoms with E-state index in [2.05, 4.69) is 17.1 Å². The second kappa shape index (κ2) is 7.29. The molecule has 7 heteroatoms. The van der Waals surface area contributed by atoms with E-state index < -0.39 is 12.2 Å². The van der Waals surface area contributed by atoms with Crippen LogP contribution in [0.5, 0.6) is 0 Å². The van der Waals surface area contributed by atoms with Crippen molar-refractivity contribution in [3.63, 3.8) is 0 Å². The highest BCUT2D eigenvalue weighted by atomic mass is 19.1. The number of piperidine rings is 1. The molecule has 0 aliphatic carbocycles. The molecule has 2 aliphatic heterocycles. The summed E-state index contributed by atoms with van der Waals surface area (Å²) in [5.74, 6) is 0.171. The second-order valence-corrected chi connectivity index (χ2v) is 6.86. The van der Waals surface area contributed by atoms with Gasteiger partial charge in [0.15, 0.2) is 0 Å². The number of cyclic esters (lactones) is 1. The van der Waals surface area contributed by atoms with Crippen molar-refractivity contribution in [1.29, 1.82) is 0 Å². The Morgan fingerprint density at radius 2 is 2.08 bits per heavy atom. The van der Waals surface area contributed by atoms with Crippen LogP contribution in [0.1, 0.15) is 26.7 Å². The van der Waals surface area contributed by atoms with E-state index in [0.717, 1.165) is 25.9 Å². The highest BCUT2D eigenvalue weighted by Crippen LogP contribution is 2.30. The Labute approximate surface area is 146 Å². The fraction of sp³-hybridized carbons (Fsp3) is 0.556. The third-order valence-corrected chi connectivity index (χ3v) is 4.82. The lowest BCUT2D eigenvalue weighted by molar-refractivity contribution is -0.119. The SMILES string of the molecule is CC(=O)NC[C@H]1CN(c2ccc(N3CCC(C)CC3)c(F)c2)C(=O)O1. The van der Waals surface area contributed by atoms with E-state index in [9.17, 15) is 14.0 Å². The molecular formula is C18H24FN3O3. The van der Waals surface area contributed by atoms with Gasteiger partial charge in [0.05, 0.1) is 24.5 Å². The third-order valence-electron chi connectivity index (χ3n) is 4.82. The summed E-state index contributed by atoms with van der Waals surface area (Å²) in [6.45, 7) is 5.87. The summed E-state index contributed by atoms with van der Waals surface area (Å²) in [5, 5.41) is 2.62. The smallest absolute Gasteiger partial charge is 0.414 e. The summed E-state index contributed by atoms with van der Waals surface area (Å²) in [6, 6.07) is 4.86. The van der Waals surface area contributed by atoms with Crippen molar-refractivity contribution in [2.45, 2.75) is 32.8 Å². The first-order valence-electron chi connectivity index (χ1n) is 8.71. The molecule has 0 unspecified atom stereocenters. The monoisotopic (exact) mass is 349 g/mol. The molecular weight excluding hydrogens is 325 g/mol. The van der Waals surface area contributed by atoms with Crippen molar-refractivity contribution in [3.8, 4) is 0 Å². The van der Waals surface area contributed by atoms with Gasteiger partial charge in [0, 0.05) is 20.0 Å². The highest BCUT2D eigenvalue weighted by Gasteiger charge is 2.33. The zero-order valence-electron chi connectivity index (χ0n) is 14.6. The zero-order valence-corrected chi connectivity index (χ0v) is 14.6. The zero-order chi connectivity index (χ0) is 18.0. The second-order valence-electron chi connectivity index (χ2n) is 6.86. The average molecular weight is 349 g/mol. The van der Waals surface area contributed by atoms with Crippen molar-refractivity contribution < 1.29 is 18.7 Å². The minimum absolute atomic E-state index is 0.180. The molecule has 1 aromatic rings. The van der Waals surface area contributed by atoms with Crippen LogP contribution in [0.3, 0.4) is 0 Å². The lowest BCUT2D eigenvalue weighted by atomic mass is 9.99. The molecule has 136 valence electrons. The Morgan fingerprint density at radius 3 is 2.72 bits per heavy atom. The van der Waals surface area contributed by atoms with E-state index in [1.54, 1.807) is 12.1 Å². The number of carbonyl (C=O) groups excluding carboxylic acids is 2. The molecule has 3 rings (SSSR count). The normalized spacial score (nSPS) is 21.4. The van der Waals surface area contributed by atoms with E-state index in [1.807, 2.05) is 0 Å². The molecule has 0 aromatic heterocycles. The summed E-state index contributed by atoms with van der Waals surface area (Å²) in [6.07, 6.45) is 1.17. The van der Waals surface area contributed by atoms with Gasteiger partial charge in [-0.2, -0.15) is 0 Å². The molecule has 25 heavy (non-hydrogen) atoms. The Hall–Kier alpha value is -2.31. The predicted molar refractivity (Wildman–Crippen MR) is 93.3 cm³/mol. The Morgan fingerprint density at radius 1 is 1.36 bits per heavy atom. The first kappa shape index (κ1) is 17.5. The highest BCUT2D eigenvalue weighted by molar-refractivity contribution is 5.90. The van der Waals surface area contributed by atoms with Crippen molar-refractivity contribution >= 4 is 23.4 Å². The van der Waals surface area contributed by atoms with Gasteiger partial charge in [-0.15, -0.1) is 0 Å². The first-order valence-corrected chi connectivity index (χ1v) is 8.71. The molecule has 0 radical (unpaired) electrons. The fourth-order valence-electron chi connectivity index (χ4n) is 3.27. The number of amides is 2. The number of nitrogens with one attached hydrogen (secondary N) is 1. The standard InChI is InChI=1S/C18H24FN3O3/c1-12-5-7-21(8-6-12)17-4-3-14(9-16(17)19)22-11-15(25-18(22)24)10-20-13(2)23/h3-4,9,12,15H,5-8,10-11H2,1-2H3,(H,20,23)/t15-/m0/s1. The molecule has 2 fully saturated rings. The quantitative estimate of drug-likeness (QED) is 0.907. The Balaban J connectivity index is 1.68. The van der Waals surface area contributed by atoms with Gasteiger partial charge < -0.3 is 15.0 Å². The molecule has 1 aromatic carbocycles. The van der Waals surface area contributed by atoms with Gasteiger partial charge in [0.1, 0.15) is 11.9 Å². The Kier molecular flexibility index (Phi) is 5.11. The maximum absolute atomic E-state index is 14.6. The van der Waals surface area contributed by atoms with Crippen molar-refractivity contribution in [3.05, 3.63) is 24.0 Å². The molecule has 2 saturated heterocycles. The van der Waals surface area contributed by atoms with E-state index in [0.29, 0.717) is 23.8 Å². The third kappa shape index (κ3) is 4.03. The van der Waals surface area contributed by atoms with Gasteiger partial charge in [-0.3, -0.25) is 9.69 Å². The number of nitrogens with zero attached hydrogens (tertiary/aromatic N) is 2. The van der Waals surface area contributed by atoms with Crippen molar-refractivity contribution in [2.24, 2.45) is 5.92 Å². The summed E-state index contributed by atoms with van der Waals surface area (Å²) >= 11 is 0. The van der Waals surface area contributed by atoms with Gasteiger partial charge in [0.25, 0.3) is 0 Å². The maximum Gasteiger partial charge on any atom is 0.414 e. The molecule has 0 saturated carbocycles. The number of rotatable bonds is 4. The van der Waals surface area contributed by atoms with Crippen LogP contribution in [0.4, 0.5) is 20.6 Å². The van der Waals surface area contributed by atoms with Gasteiger partial charge in [-0.05, 0) is 37.0 Å². The van der Waals surface area contributed by atoms with Crippen LogP contribution in [-0.2, 0) is 9.53 Å². The number of benzene rings is 1. The molecule has 2 heterocycles. The van der Waals surface area contributed by atoms with Crippen molar-refractivity contribution in [1.82, 2.24) is 5.32 Å². The largest absolute Gasteiger partial charge is 0.442 e. The van der Waals surface area contributed by atoms with Crippen LogP contribution >= 0.6 is 0 Å². The molecule has 6 nitrogen and oxygen atoms in total. The number of ether oxygens (including phenoxy) is 1. The summed E-state index contributed by atoms with van der Waals surface area (Å²) in [5.41, 5.74) is 1.06. The molecule has 0 spiro atoms. The molecule has 1 N–H and O–H groups in total.